The molecule has 0 aliphatic carbocycles. The first-order valence-electron chi connectivity index (χ1n) is 1.83. The molecule has 10 nitrogen and oxygen atoms in total. The van der Waals surface area contributed by atoms with Crippen LogP contribution in [-0.4, -0.2) is 10.5 Å². The van der Waals surface area contributed by atoms with E-state index in [0.29, 0.717) is 0 Å². The van der Waals surface area contributed by atoms with E-state index in [-0.39, 0.29) is 41.7 Å². The summed E-state index contributed by atoms with van der Waals surface area (Å²) in [5.41, 5.74) is 0. The van der Waals surface area contributed by atoms with Crippen molar-refractivity contribution in [3.05, 3.63) is 0 Å². The Hall–Kier alpha value is 1.52. The van der Waals surface area contributed by atoms with Gasteiger partial charge in [-0.15, -0.1) is 0 Å². The van der Waals surface area contributed by atoms with Crippen molar-refractivity contribution in [1.82, 2.24) is 0 Å². The predicted molar refractivity (Wildman–Crippen MR) is 22.6 cm³/mol. The first-order valence-corrected chi connectivity index (χ1v) is 4.75. The van der Waals surface area contributed by atoms with E-state index >= 15 is 0 Å². The normalized spacial score (nSPS) is 10.9. The van der Waals surface area contributed by atoms with E-state index in [4.69, 9.17) is 39.2 Å². The average molecular weight is 364 g/mol. The molecule has 0 aliphatic heterocycles. The maximum Gasteiger partial charge on any atom is 4.00 e. The second-order valence-corrected chi connectivity index (χ2v) is 3.17. The van der Waals surface area contributed by atoms with Gasteiger partial charge in [0.2, 0.25) is 0 Å². The summed E-state index contributed by atoms with van der Waals surface area (Å²) in [5, 5.41) is 14.0. The van der Waals surface area contributed by atoms with Gasteiger partial charge in [0.15, 0.2) is 0 Å². The minimum atomic E-state index is -5.09. The van der Waals surface area contributed by atoms with Crippen LogP contribution in [0.4, 0.5) is 0 Å². The van der Waals surface area contributed by atoms with E-state index in [1.54, 1.807) is 0 Å². The summed E-state index contributed by atoms with van der Waals surface area (Å²) in [7, 11) is -10.2. The molecule has 0 unspecified atom stereocenters. The third-order valence-corrected chi connectivity index (χ3v) is 0.600. The fraction of sp³-hybridized carbons (Fsp3) is 0. The van der Waals surface area contributed by atoms with Crippen molar-refractivity contribution in [1.29, 1.82) is 0 Å². The molecule has 0 heterocycles. The van der Waals surface area contributed by atoms with Gasteiger partial charge in [-0.05, 0) is 0 Å². The van der Waals surface area contributed by atoms with E-state index < -0.39 is 15.6 Å². The molecule has 0 saturated carbocycles. The van der Waals surface area contributed by atoms with Crippen molar-refractivity contribution in [2.45, 2.75) is 0 Å². The molecule has 76 valence electrons. The van der Waals surface area contributed by atoms with Gasteiger partial charge >= 0.3 is 41.7 Å². The molecule has 0 spiro atoms. The molecule has 0 rings (SSSR count). The number of hydrogen-bond acceptors (Lipinski definition) is 10. The van der Waals surface area contributed by atoms with Gasteiger partial charge in [-0.2, -0.15) is 0 Å². The van der Waals surface area contributed by atoms with Gasteiger partial charge in [-0.25, -0.2) is 19.9 Å². The molecule has 0 atom stereocenters. The summed E-state index contributed by atoms with van der Waals surface area (Å²) >= 11 is 0. The molecule has 0 radical (unpaired) electrons. The fourth-order valence-corrected chi connectivity index (χ4v) is 0. The zero-order valence-electron chi connectivity index (χ0n) is 5.55. The van der Waals surface area contributed by atoms with Crippen LogP contribution in [0.25, 0.3) is 0 Å². The van der Waals surface area contributed by atoms with Crippen LogP contribution in [0.1, 0.15) is 0 Å². The molecular weight excluding hydrogens is 362 g/mol. The maximum absolute atomic E-state index is 9.00. The first-order chi connectivity index (χ1) is 5.12. The fourth-order valence-electron chi connectivity index (χ4n) is 0. The van der Waals surface area contributed by atoms with E-state index in [2.05, 4.69) is 9.35 Å². The Bertz CT molecular complexity index is 163. The van der Waals surface area contributed by atoms with E-state index in [1.165, 1.54) is 0 Å². The molecule has 0 fully saturated rings. The topological polar surface area (TPSA) is 185 Å². The van der Waals surface area contributed by atoms with Crippen LogP contribution in [0.5, 0.6) is 0 Å². The van der Waals surface area contributed by atoms with Crippen molar-refractivity contribution in [3.63, 3.8) is 0 Å². The van der Waals surface area contributed by atoms with Gasteiger partial charge in [0.05, 0.1) is 15.6 Å². The molecule has 0 aromatic rings. The molecular formula is H2CeO10P2. The van der Waals surface area contributed by atoms with Gasteiger partial charge < -0.3 is 28.7 Å². The SMILES string of the molecule is O=P([O-])([O-])OO.O=P([O-])([O-])OO.[Ce+4]. The molecule has 13 heavy (non-hydrogen) atoms. The third-order valence-electron chi connectivity index (χ3n) is 0.200. The molecule has 0 amide bonds. The van der Waals surface area contributed by atoms with Gasteiger partial charge in [0, 0.05) is 0 Å². The summed E-state index contributed by atoms with van der Waals surface area (Å²) in [6, 6.07) is 0. The Morgan fingerprint density at radius 1 is 0.846 bits per heavy atom. The molecule has 0 aromatic heterocycles. The van der Waals surface area contributed by atoms with Crippen LogP contribution in [0.15, 0.2) is 0 Å². The Morgan fingerprint density at radius 2 is 0.923 bits per heavy atom. The minimum absolute atomic E-state index is 0. The molecule has 0 aromatic carbocycles. The monoisotopic (exact) mass is 364 g/mol. The van der Waals surface area contributed by atoms with Crippen molar-refractivity contribution in [2.24, 2.45) is 0 Å². The smallest absolute Gasteiger partial charge is 0.788 e. The van der Waals surface area contributed by atoms with Gasteiger partial charge in [0.25, 0.3) is 0 Å². The summed E-state index contributed by atoms with van der Waals surface area (Å²) < 4.78 is 22.8. The summed E-state index contributed by atoms with van der Waals surface area (Å²) in [6.07, 6.45) is 0. The number of phosphoric acid groups is 2. The Balaban J connectivity index is -0.000000143. The van der Waals surface area contributed by atoms with Crippen molar-refractivity contribution >= 4 is 15.6 Å². The summed E-state index contributed by atoms with van der Waals surface area (Å²) in [5.74, 6) is 0. The minimum Gasteiger partial charge on any atom is -0.788 e. The molecule has 0 bridgehead atoms. The predicted octanol–water partition coefficient (Wildman–Crippen LogP) is -3.39. The van der Waals surface area contributed by atoms with E-state index in [0.717, 1.165) is 0 Å². The summed E-state index contributed by atoms with van der Waals surface area (Å²) in [6.45, 7) is 0. The zero-order valence-corrected chi connectivity index (χ0v) is 10.5. The Kier molecular flexibility index (Phi) is 13.5. The quantitative estimate of drug-likeness (QED) is 0.284. The number of hydrogen-bond donors (Lipinski definition) is 2. The first kappa shape index (κ1) is 20.0. The third kappa shape index (κ3) is 31.7. The van der Waals surface area contributed by atoms with Crippen LogP contribution in [0.3, 0.4) is 0 Å². The van der Waals surface area contributed by atoms with Gasteiger partial charge in [-0.3, -0.25) is 0 Å². The van der Waals surface area contributed by atoms with Gasteiger partial charge in [0.1, 0.15) is 0 Å². The van der Waals surface area contributed by atoms with Crippen molar-refractivity contribution in [2.75, 3.05) is 0 Å². The van der Waals surface area contributed by atoms with Crippen molar-refractivity contribution in [3.8, 4) is 0 Å². The van der Waals surface area contributed by atoms with Crippen LogP contribution in [0, 0.1) is 41.7 Å². The van der Waals surface area contributed by atoms with Crippen LogP contribution >= 0.6 is 15.6 Å². The average Bonchev–Trinajstić information content (AvgIpc) is 1.86. The van der Waals surface area contributed by atoms with Crippen LogP contribution in [-0.2, 0) is 18.5 Å². The standard InChI is InChI=1S/Ce.2H3O5P/c;2*1-5-6(2,3)4/h;2*1H,(H2,2,3,4)/q+4;;/p-4. The largest absolute Gasteiger partial charge is 4.00 e. The van der Waals surface area contributed by atoms with Crippen LogP contribution < -0.4 is 19.6 Å². The summed E-state index contributed by atoms with van der Waals surface area (Å²) in [4.78, 5) is 36.0. The second kappa shape index (κ2) is 8.80. The molecule has 2 N–H and O–H groups in total. The molecule has 13 heteroatoms. The maximum atomic E-state index is 9.00. The Labute approximate surface area is 105 Å². The second-order valence-electron chi connectivity index (χ2n) is 1.06. The molecule has 0 saturated heterocycles. The van der Waals surface area contributed by atoms with Crippen LogP contribution in [0.2, 0.25) is 0 Å². The van der Waals surface area contributed by atoms with Crippen molar-refractivity contribution < 1.29 is 90.3 Å². The zero-order chi connectivity index (χ0) is 10.4. The molecule has 0 aliphatic rings. The van der Waals surface area contributed by atoms with E-state index in [1.807, 2.05) is 0 Å². The van der Waals surface area contributed by atoms with Gasteiger partial charge in [-0.1, -0.05) is 0 Å². The number of rotatable bonds is 2. The van der Waals surface area contributed by atoms with E-state index in [9.17, 15) is 0 Å². The Morgan fingerprint density at radius 3 is 0.923 bits per heavy atom.